The first-order valence-corrected chi connectivity index (χ1v) is 8.17. The third-order valence-electron chi connectivity index (χ3n) is 4.65. The molecule has 0 N–H and O–H groups in total. The average Bonchev–Trinajstić information content (AvgIpc) is 3.04. The van der Waals surface area contributed by atoms with E-state index in [-0.39, 0.29) is 0 Å². The van der Waals surface area contributed by atoms with Gasteiger partial charge in [0.25, 0.3) is 0 Å². The van der Waals surface area contributed by atoms with Crippen molar-refractivity contribution >= 4 is 11.6 Å². The normalized spacial score (nSPS) is 22.8. The lowest BCUT2D eigenvalue weighted by Gasteiger charge is -2.17. The monoisotopic (exact) mass is 301 g/mol. The van der Waals surface area contributed by atoms with Crippen LogP contribution < -0.4 is 0 Å². The van der Waals surface area contributed by atoms with Gasteiger partial charge in [-0.1, -0.05) is 23.7 Å². The molecule has 110 valence electrons. The molecule has 0 radical (unpaired) electrons. The zero-order chi connectivity index (χ0) is 14.2. The van der Waals surface area contributed by atoms with E-state index in [0.717, 1.165) is 24.7 Å². The van der Waals surface area contributed by atoms with E-state index in [1.165, 1.54) is 30.7 Å². The third-order valence-corrected chi connectivity index (χ3v) is 4.88. The molecule has 1 atom stereocenters. The van der Waals surface area contributed by atoms with Crippen molar-refractivity contribution in [2.24, 2.45) is 0 Å². The minimum Gasteiger partial charge on any atom is -0.331 e. The smallest absolute Gasteiger partial charge is 0.123 e. The molecule has 2 aromatic rings. The minimum atomic E-state index is 0.605. The maximum Gasteiger partial charge on any atom is 0.123 e. The van der Waals surface area contributed by atoms with Crippen LogP contribution >= 0.6 is 11.6 Å². The Hall–Kier alpha value is -1.32. The van der Waals surface area contributed by atoms with Gasteiger partial charge in [-0.3, -0.25) is 4.90 Å². The van der Waals surface area contributed by atoms with Gasteiger partial charge in [0.05, 0.1) is 6.54 Å². The van der Waals surface area contributed by atoms with Crippen molar-refractivity contribution in [1.82, 2.24) is 14.5 Å². The number of likely N-dealkylation sites (tertiary alicyclic amines) is 1. The minimum absolute atomic E-state index is 0.605. The molecule has 1 aromatic carbocycles. The molecule has 0 bridgehead atoms. The first kappa shape index (κ1) is 13.4. The van der Waals surface area contributed by atoms with Gasteiger partial charge in [-0.25, -0.2) is 4.98 Å². The van der Waals surface area contributed by atoms with Crippen molar-refractivity contribution < 1.29 is 0 Å². The Balaban J connectivity index is 1.43. The predicted octanol–water partition coefficient (Wildman–Crippen LogP) is 3.86. The van der Waals surface area contributed by atoms with Crippen LogP contribution in [0, 0.1) is 0 Å². The first-order chi connectivity index (χ1) is 10.3. The molecule has 3 nitrogen and oxygen atoms in total. The summed E-state index contributed by atoms with van der Waals surface area (Å²) in [5.41, 5.74) is 1.37. The molecular weight excluding hydrogens is 282 g/mol. The Labute approximate surface area is 130 Å². The fraction of sp³-hybridized carbons (Fsp3) is 0.471. The molecule has 1 aliphatic heterocycles. The SMILES string of the molecule is Clc1cccc(C2CCN(Cc3nccn3C3CC3)C2)c1. The molecule has 0 amide bonds. The van der Waals surface area contributed by atoms with Gasteiger partial charge in [-0.2, -0.15) is 0 Å². The molecule has 4 rings (SSSR count). The van der Waals surface area contributed by atoms with Crippen LogP contribution in [0.2, 0.25) is 5.02 Å². The molecule has 1 saturated carbocycles. The van der Waals surface area contributed by atoms with Gasteiger partial charge < -0.3 is 4.57 Å². The number of rotatable bonds is 4. The lowest BCUT2D eigenvalue weighted by molar-refractivity contribution is 0.312. The second-order valence-corrected chi connectivity index (χ2v) is 6.69. The number of benzene rings is 1. The summed E-state index contributed by atoms with van der Waals surface area (Å²) < 4.78 is 2.37. The van der Waals surface area contributed by atoms with Crippen molar-refractivity contribution in [3.8, 4) is 0 Å². The van der Waals surface area contributed by atoms with Gasteiger partial charge >= 0.3 is 0 Å². The highest BCUT2D eigenvalue weighted by atomic mass is 35.5. The Kier molecular flexibility index (Phi) is 3.48. The number of hydrogen-bond donors (Lipinski definition) is 0. The number of halogens is 1. The zero-order valence-corrected chi connectivity index (χ0v) is 12.8. The molecule has 2 aliphatic rings. The highest BCUT2D eigenvalue weighted by molar-refractivity contribution is 6.30. The Morgan fingerprint density at radius 1 is 1.24 bits per heavy atom. The van der Waals surface area contributed by atoms with Crippen LogP contribution in [0.5, 0.6) is 0 Å². The summed E-state index contributed by atoms with van der Waals surface area (Å²) in [5, 5.41) is 0.843. The van der Waals surface area contributed by atoms with Crippen LogP contribution in [-0.2, 0) is 6.54 Å². The number of aromatic nitrogens is 2. The highest BCUT2D eigenvalue weighted by Gasteiger charge is 2.28. The van der Waals surface area contributed by atoms with Gasteiger partial charge in [0, 0.05) is 30.0 Å². The second kappa shape index (κ2) is 5.47. The first-order valence-electron chi connectivity index (χ1n) is 7.79. The summed E-state index contributed by atoms with van der Waals surface area (Å²) >= 11 is 6.11. The largest absolute Gasteiger partial charge is 0.331 e. The van der Waals surface area contributed by atoms with Crippen LogP contribution in [-0.4, -0.2) is 27.5 Å². The molecule has 0 spiro atoms. The molecule has 1 aliphatic carbocycles. The summed E-state index contributed by atoms with van der Waals surface area (Å²) in [5.74, 6) is 1.83. The quantitative estimate of drug-likeness (QED) is 0.855. The van der Waals surface area contributed by atoms with E-state index in [0.29, 0.717) is 12.0 Å². The lowest BCUT2D eigenvalue weighted by atomic mass is 9.99. The van der Waals surface area contributed by atoms with E-state index < -0.39 is 0 Å². The molecule has 1 aromatic heterocycles. The van der Waals surface area contributed by atoms with Gasteiger partial charge in [0.2, 0.25) is 0 Å². The lowest BCUT2D eigenvalue weighted by Crippen LogP contribution is -2.22. The maximum absolute atomic E-state index is 6.11. The fourth-order valence-corrected chi connectivity index (χ4v) is 3.56. The number of hydrogen-bond acceptors (Lipinski definition) is 2. The van der Waals surface area contributed by atoms with Crippen LogP contribution in [0.4, 0.5) is 0 Å². The topological polar surface area (TPSA) is 21.1 Å². The van der Waals surface area contributed by atoms with Gasteiger partial charge in [0.15, 0.2) is 0 Å². The van der Waals surface area contributed by atoms with Crippen molar-refractivity contribution in [1.29, 1.82) is 0 Å². The second-order valence-electron chi connectivity index (χ2n) is 6.26. The summed E-state index contributed by atoms with van der Waals surface area (Å²) in [6.45, 7) is 3.23. The molecule has 4 heteroatoms. The summed E-state index contributed by atoms with van der Waals surface area (Å²) in [7, 11) is 0. The van der Waals surface area contributed by atoms with E-state index in [2.05, 4.69) is 38.8 Å². The van der Waals surface area contributed by atoms with Gasteiger partial charge in [0.1, 0.15) is 5.82 Å². The van der Waals surface area contributed by atoms with Crippen molar-refractivity contribution in [3.05, 3.63) is 53.1 Å². The van der Waals surface area contributed by atoms with Crippen molar-refractivity contribution in [3.63, 3.8) is 0 Å². The fourth-order valence-electron chi connectivity index (χ4n) is 3.36. The third kappa shape index (κ3) is 2.85. The Morgan fingerprint density at radius 2 is 2.14 bits per heavy atom. The van der Waals surface area contributed by atoms with Crippen molar-refractivity contribution in [2.75, 3.05) is 13.1 Å². The van der Waals surface area contributed by atoms with Crippen LogP contribution in [0.15, 0.2) is 36.7 Å². The molecule has 2 fully saturated rings. The molecule has 1 saturated heterocycles. The van der Waals surface area contributed by atoms with E-state index in [1.807, 2.05) is 12.3 Å². The van der Waals surface area contributed by atoms with E-state index >= 15 is 0 Å². The maximum atomic E-state index is 6.11. The van der Waals surface area contributed by atoms with Crippen LogP contribution in [0.25, 0.3) is 0 Å². The van der Waals surface area contributed by atoms with E-state index in [1.54, 1.807) is 0 Å². The van der Waals surface area contributed by atoms with E-state index in [9.17, 15) is 0 Å². The number of imidazole rings is 1. The number of nitrogens with zero attached hydrogens (tertiary/aromatic N) is 3. The van der Waals surface area contributed by atoms with Crippen LogP contribution in [0.3, 0.4) is 0 Å². The Morgan fingerprint density at radius 3 is 2.95 bits per heavy atom. The summed E-state index contributed by atoms with van der Waals surface area (Å²) in [6, 6.07) is 9.03. The molecule has 21 heavy (non-hydrogen) atoms. The zero-order valence-electron chi connectivity index (χ0n) is 12.1. The molecule has 2 heterocycles. The van der Waals surface area contributed by atoms with Crippen LogP contribution in [0.1, 0.15) is 42.6 Å². The van der Waals surface area contributed by atoms with Gasteiger partial charge in [-0.15, -0.1) is 0 Å². The molecular formula is C17H20ClN3. The standard InChI is InChI=1S/C17H20ClN3/c18-15-3-1-2-13(10-15)14-6-8-20(11-14)12-17-19-7-9-21(17)16-4-5-16/h1-3,7,9-10,14,16H,4-6,8,11-12H2. The highest BCUT2D eigenvalue weighted by Crippen LogP contribution is 2.36. The Bertz CT molecular complexity index is 632. The van der Waals surface area contributed by atoms with Gasteiger partial charge in [-0.05, 0) is 49.4 Å². The van der Waals surface area contributed by atoms with E-state index in [4.69, 9.17) is 11.6 Å². The summed E-state index contributed by atoms with van der Waals surface area (Å²) in [4.78, 5) is 7.07. The average molecular weight is 302 g/mol. The summed E-state index contributed by atoms with van der Waals surface area (Å²) in [6.07, 6.45) is 7.92. The van der Waals surface area contributed by atoms with Crippen molar-refractivity contribution in [2.45, 2.75) is 37.8 Å². The predicted molar refractivity (Wildman–Crippen MR) is 84.6 cm³/mol. The molecule has 1 unspecified atom stereocenters.